The molecule has 20 heavy (non-hydrogen) atoms. The molecule has 1 fully saturated rings. The molecule has 0 aromatic heterocycles. The van der Waals surface area contributed by atoms with E-state index in [1.807, 2.05) is 30.9 Å². The summed E-state index contributed by atoms with van der Waals surface area (Å²) in [7, 11) is 0. The highest BCUT2D eigenvalue weighted by molar-refractivity contribution is 5.94. The van der Waals surface area contributed by atoms with Gasteiger partial charge in [0.25, 0.3) is 5.91 Å². The number of amides is 1. The van der Waals surface area contributed by atoms with Gasteiger partial charge in [-0.15, -0.1) is 0 Å². The first-order valence-electron chi connectivity index (χ1n) is 7.83. The van der Waals surface area contributed by atoms with Crippen molar-refractivity contribution in [2.24, 2.45) is 5.92 Å². The lowest BCUT2D eigenvalue weighted by atomic mass is 9.91. The molecule has 0 spiro atoms. The largest absolute Gasteiger partial charge is 0.339 e. The van der Waals surface area contributed by atoms with E-state index in [9.17, 15) is 4.79 Å². The average Bonchev–Trinajstić information content (AvgIpc) is 2.50. The van der Waals surface area contributed by atoms with E-state index in [4.69, 9.17) is 0 Å². The first kappa shape index (κ1) is 15.0. The minimum Gasteiger partial charge on any atom is -0.339 e. The summed E-state index contributed by atoms with van der Waals surface area (Å²) in [6.07, 6.45) is 3.67. The molecule has 1 aliphatic heterocycles. The van der Waals surface area contributed by atoms with Gasteiger partial charge in [0.2, 0.25) is 0 Å². The van der Waals surface area contributed by atoms with Crippen LogP contribution in [0.1, 0.15) is 42.6 Å². The van der Waals surface area contributed by atoms with Gasteiger partial charge in [0.1, 0.15) is 0 Å². The average molecular weight is 274 g/mol. The number of carbonyl (C=O) groups excluding carboxylic acids is 1. The predicted molar refractivity (Wildman–Crippen MR) is 83.0 cm³/mol. The van der Waals surface area contributed by atoms with Crippen molar-refractivity contribution in [3.8, 4) is 0 Å². The molecule has 1 aliphatic rings. The highest BCUT2D eigenvalue weighted by Gasteiger charge is 2.15. The van der Waals surface area contributed by atoms with Crippen molar-refractivity contribution in [2.45, 2.75) is 33.1 Å². The fraction of sp³-hybridized carbons (Fsp3) is 0.588. The van der Waals surface area contributed by atoms with Gasteiger partial charge >= 0.3 is 0 Å². The number of carbonyl (C=O) groups is 1. The standard InChI is InChI=1S/C17H26N2O/c1-3-19(4-2)17(20)16-7-5-14(6-8-16)13-15-9-11-18-12-10-15/h5-8,15,18H,3-4,9-13H2,1-2H3. The third kappa shape index (κ3) is 3.83. The van der Waals surface area contributed by atoms with Crippen molar-refractivity contribution < 1.29 is 4.79 Å². The number of piperidine rings is 1. The number of hydrogen-bond acceptors (Lipinski definition) is 2. The van der Waals surface area contributed by atoms with Crippen LogP contribution >= 0.6 is 0 Å². The van der Waals surface area contributed by atoms with E-state index in [-0.39, 0.29) is 5.91 Å². The summed E-state index contributed by atoms with van der Waals surface area (Å²) < 4.78 is 0. The fourth-order valence-corrected chi connectivity index (χ4v) is 2.90. The van der Waals surface area contributed by atoms with E-state index < -0.39 is 0 Å². The maximum atomic E-state index is 12.2. The Hall–Kier alpha value is -1.35. The quantitative estimate of drug-likeness (QED) is 0.895. The molecule has 0 radical (unpaired) electrons. The molecule has 1 N–H and O–H groups in total. The topological polar surface area (TPSA) is 32.3 Å². The number of hydrogen-bond donors (Lipinski definition) is 1. The molecule has 1 aromatic carbocycles. The van der Waals surface area contributed by atoms with Gasteiger partial charge in [0.15, 0.2) is 0 Å². The molecule has 110 valence electrons. The van der Waals surface area contributed by atoms with Gasteiger partial charge in [0.05, 0.1) is 0 Å². The molecule has 3 heteroatoms. The molecule has 3 nitrogen and oxygen atoms in total. The molecule has 1 aromatic rings. The number of nitrogens with zero attached hydrogens (tertiary/aromatic N) is 1. The second-order valence-corrected chi connectivity index (χ2v) is 5.57. The summed E-state index contributed by atoms with van der Waals surface area (Å²) in [4.78, 5) is 14.1. The van der Waals surface area contributed by atoms with Gasteiger partial charge in [-0.1, -0.05) is 12.1 Å². The first-order chi connectivity index (χ1) is 9.74. The van der Waals surface area contributed by atoms with Crippen LogP contribution in [0.4, 0.5) is 0 Å². The zero-order valence-electron chi connectivity index (χ0n) is 12.7. The van der Waals surface area contributed by atoms with E-state index in [2.05, 4.69) is 17.4 Å². The van der Waals surface area contributed by atoms with E-state index >= 15 is 0 Å². The van der Waals surface area contributed by atoms with Crippen LogP contribution in [0, 0.1) is 5.92 Å². The first-order valence-corrected chi connectivity index (χ1v) is 7.83. The van der Waals surface area contributed by atoms with Crippen molar-refractivity contribution in [2.75, 3.05) is 26.2 Å². The number of rotatable bonds is 5. The van der Waals surface area contributed by atoms with Crippen LogP contribution in [-0.4, -0.2) is 37.0 Å². The van der Waals surface area contributed by atoms with Crippen LogP contribution in [0.3, 0.4) is 0 Å². The Morgan fingerprint density at radius 3 is 2.30 bits per heavy atom. The number of nitrogens with one attached hydrogen (secondary N) is 1. The molecular weight excluding hydrogens is 248 g/mol. The van der Waals surface area contributed by atoms with Crippen LogP contribution in [0.15, 0.2) is 24.3 Å². The molecule has 0 atom stereocenters. The Morgan fingerprint density at radius 2 is 1.75 bits per heavy atom. The van der Waals surface area contributed by atoms with Crippen LogP contribution in [-0.2, 0) is 6.42 Å². The molecule has 0 aliphatic carbocycles. The lowest BCUT2D eigenvalue weighted by molar-refractivity contribution is 0.0773. The summed E-state index contributed by atoms with van der Waals surface area (Å²) in [6, 6.07) is 8.21. The zero-order chi connectivity index (χ0) is 14.4. The van der Waals surface area contributed by atoms with Crippen LogP contribution < -0.4 is 5.32 Å². The lowest BCUT2D eigenvalue weighted by Crippen LogP contribution is -2.30. The van der Waals surface area contributed by atoms with Crippen molar-refractivity contribution in [3.05, 3.63) is 35.4 Å². The maximum Gasteiger partial charge on any atom is 0.253 e. The predicted octanol–water partition coefficient (Wildman–Crippen LogP) is 2.71. The summed E-state index contributed by atoms with van der Waals surface area (Å²) >= 11 is 0. The molecular formula is C17H26N2O. The Balaban J connectivity index is 1.96. The minimum atomic E-state index is 0.142. The van der Waals surface area contributed by atoms with Gasteiger partial charge < -0.3 is 10.2 Å². The van der Waals surface area contributed by atoms with Gasteiger partial charge in [-0.25, -0.2) is 0 Å². The third-order valence-corrected chi connectivity index (χ3v) is 4.23. The molecule has 0 saturated carbocycles. The van der Waals surface area contributed by atoms with E-state index in [1.54, 1.807) is 0 Å². The Kier molecular flexibility index (Phi) is 5.60. The molecule has 0 unspecified atom stereocenters. The molecule has 1 amide bonds. The third-order valence-electron chi connectivity index (χ3n) is 4.23. The Bertz CT molecular complexity index is 417. The summed E-state index contributed by atoms with van der Waals surface area (Å²) in [6.45, 7) is 7.87. The van der Waals surface area contributed by atoms with E-state index in [1.165, 1.54) is 18.4 Å². The monoisotopic (exact) mass is 274 g/mol. The summed E-state index contributed by atoms with van der Waals surface area (Å²) in [5.41, 5.74) is 2.16. The Morgan fingerprint density at radius 1 is 1.15 bits per heavy atom. The van der Waals surface area contributed by atoms with Gasteiger partial charge in [-0.3, -0.25) is 4.79 Å². The Labute approximate surface area is 122 Å². The maximum absolute atomic E-state index is 12.2. The highest BCUT2D eigenvalue weighted by atomic mass is 16.2. The molecule has 1 heterocycles. The second kappa shape index (κ2) is 7.44. The normalized spacial score (nSPS) is 16.1. The fourth-order valence-electron chi connectivity index (χ4n) is 2.90. The van der Waals surface area contributed by atoms with E-state index in [0.29, 0.717) is 0 Å². The van der Waals surface area contributed by atoms with Crippen molar-refractivity contribution >= 4 is 5.91 Å². The molecule has 2 rings (SSSR count). The van der Waals surface area contributed by atoms with Crippen molar-refractivity contribution in [1.82, 2.24) is 10.2 Å². The summed E-state index contributed by atoms with van der Waals surface area (Å²) in [5.74, 6) is 0.934. The zero-order valence-corrected chi connectivity index (χ0v) is 12.7. The number of benzene rings is 1. The molecule has 1 saturated heterocycles. The minimum absolute atomic E-state index is 0.142. The van der Waals surface area contributed by atoms with Crippen LogP contribution in [0.2, 0.25) is 0 Å². The van der Waals surface area contributed by atoms with Crippen molar-refractivity contribution in [1.29, 1.82) is 0 Å². The molecule has 0 bridgehead atoms. The van der Waals surface area contributed by atoms with E-state index in [0.717, 1.165) is 44.1 Å². The second-order valence-electron chi connectivity index (χ2n) is 5.57. The highest BCUT2D eigenvalue weighted by Crippen LogP contribution is 2.18. The van der Waals surface area contributed by atoms with Gasteiger partial charge in [-0.05, 0) is 69.8 Å². The van der Waals surface area contributed by atoms with Crippen LogP contribution in [0.5, 0.6) is 0 Å². The van der Waals surface area contributed by atoms with Crippen LogP contribution in [0.25, 0.3) is 0 Å². The van der Waals surface area contributed by atoms with Gasteiger partial charge in [0, 0.05) is 18.7 Å². The van der Waals surface area contributed by atoms with Gasteiger partial charge in [-0.2, -0.15) is 0 Å². The summed E-state index contributed by atoms with van der Waals surface area (Å²) in [5, 5.41) is 3.40. The lowest BCUT2D eigenvalue weighted by Gasteiger charge is -2.23. The smallest absolute Gasteiger partial charge is 0.253 e. The van der Waals surface area contributed by atoms with Crippen molar-refractivity contribution in [3.63, 3.8) is 0 Å². The SMILES string of the molecule is CCN(CC)C(=O)c1ccc(CC2CCNCC2)cc1.